The fraction of sp³-hybridized carbons (Fsp3) is 0.667. The normalized spacial score (nSPS) is 21.7. The molecule has 6 heteroatoms. The van der Waals surface area contributed by atoms with E-state index in [1.54, 1.807) is 0 Å². The Labute approximate surface area is 87.0 Å². The molecule has 0 unspecified atom stereocenters. The van der Waals surface area contributed by atoms with Crippen molar-refractivity contribution in [1.82, 2.24) is 10.6 Å². The van der Waals surface area contributed by atoms with Crippen LogP contribution >= 0.6 is 0 Å². The van der Waals surface area contributed by atoms with Crippen molar-refractivity contribution < 1.29 is 19.5 Å². The Morgan fingerprint density at radius 2 is 1.60 bits per heavy atom. The van der Waals surface area contributed by atoms with Gasteiger partial charge in [0, 0.05) is 12.8 Å². The lowest BCUT2D eigenvalue weighted by atomic mass is 10.2. The molecule has 1 saturated heterocycles. The molecule has 0 aromatic rings. The number of carboxylic acids is 1. The van der Waals surface area contributed by atoms with Crippen LogP contribution < -0.4 is 10.6 Å². The number of carbonyl (C=O) groups is 3. The summed E-state index contributed by atoms with van der Waals surface area (Å²) in [6.45, 7) is 1.26. The summed E-state index contributed by atoms with van der Waals surface area (Å²) in [5.74, 6) is -1.99. The lowest BCUT2D eigenvalue weighted by Crippen LogP contribution is -2.63. The zero-order valence-electron chi connectivity index (χ0n) is 8.50. The molecule has 0 spiro atoms. The second-order valence-electron chi connectivity index (χ2n) is 3.73. The highest BCUT2D eigenvalue weighted by atomic mass is 16.4. The summed E-state index contributed by atoms with van der Waals surface area (Å²) in [6.07, 6.45) is 1.68. The van der Waals surface area contributed by atoms with Crippen molar-refractivity contribution in [2.24, 2.45) is 0 Å². The molecular formula is C9H14N2O4. The number of carbonyl (C=O) groups excluding carboxylic acids is 2. The van der Waals surface area contributed by atoms with E-state index in [0.717, 1.165) is 0 Å². The van der Waals surface area contributed by atoms with Gasteiger partial charge in [0.2, 0.25) is 17.5 Å². The molecule has 1 aliphatic rings. The highest BCUT2D eigenvalue weighted by Gasteiger charge is 2.36. The summed E-state index contributed by atoms with van der Waals surface area (Å²) in [4.78, 5) is 33.5. The van der Waals surface area contributed by atoms with Crippen LogP contribution in [0.5, 0.6) is 0 Å². The Hall–Kier alpha value is -1.59. The zero-order valence-corrected chi connectivity index (χ0v) is 8.50. The molecule has 0 atom stereocenters. The van der Waals surface area contributed by atoms with E-state index in [0.29, 0.717) is 12.8 Å². The average Bonchev–Trinajstić information content (AvgIpc) is 2.16. The number of amides is 2. The van der Waals surface area contributed by atoms with Gasteiger partial charge in [-0.2, -0.15) is 0 Å². The van der Waals surface area contributed by atoms with Crippen LogP contribution in [0.3, 0.4) is 0 Å². The first-order valence-corrected chi connectivity index (χ1v) is 4.79. The first-order valence-electron chi connectivity index (χ1n) is 4.79. The summed E-state index contributed by atoms with van der Waals surface area (Å²) >= 11 is 0. The number of nitrogens with one attached hydrogen (secondary N) is 2. The summed E-state index contributed by atoms with van der Waals surface area (Å²) < 4.78 is 0. The smallest absolute Gasteiger partial charge is 0.350 e. The number of aliphatic carboxylic acids is 1. The second kappa shape index (κ2) is 4.29. The maximum atomic E-state index is 11.3. The minimum absolute atomic E-state index is 0.248. The lowest BCUT2D eigenvalue weighted by molar-refractivity contribution is -0.150. The van der Waals surface area contributed by atoms with E-state index in [2.05, 4.69) is 10.6 Å². The molecule has 6 nitrogen and oxygen atoms in total. The minimum atomic E-state index is -1.70. The molecule has 0 radical (unpaired) electrons. The third-order valence-corrected chi connectivity index (χ3v) is 2.26. The number of carboxylic acid groups (broad SMARTS) is 1. The average molecular weight is 214 g/mol. The monoisotopic (exact) mass is 214 g/mol. The van der Waals surface area contributed by atoms with Crippen molar-refractivity contribution >= 4 is 17.8 Å². The molecule has 0 saturated carbocycles. The van der Waals surface area contributed by atoms with E-state index in [1.807, 2.05) is 0 Å². The highest BCUT2D eigenvalue weighted by molar-refractivity contribution is 5.91. The highest BCUT2D eigenvalue weighted by Crippen LogP contribution is 2.08. The number of hydrogen-bond acceptors (Lipinski definition) is 3. The molecule has 0 aromatic heterocycles. The van der Waals surface area contributed by atoms with Crippen LogP contribution in [0, 0.1) is 0 Å². The molecule has 84 valence electrons. The van der Waals surface area contributed by atoms with Crippen molar-refractivity contribution in [3.05, 3.63) is 0 Å². The van der Waals surface area contributed by atoms with E-state index in [4.69, 9.17) is 5.11 Å². The van der Waals surface area contributed by atoms with Gasteiger partial charge in [0.15, 0.2) is 0 Å². The quantitative estimate of drug-likeness (QED) is 0.553. The van der Waals surface area contributed by atoms with Crippen LogP contribution in [0.25, 0.3) is 0 Å². The van der Waals surface area contributed by atoms with Crippen LogP contribution in [0.15, 0.2) is 0 Å². The standard InChI is InChI=1S/C9H14N2O4/c1-9(8(14)15)10-6(12)4-2-3-5-7(13)11-9/h2-5H2,1H3,(H,10,12)(H,11,13)(H,14,15). The van der Waals surface area contributed by atoms with Gasteiger partial charge in [-0.1, -0.05) is 0 Å². The van der Waals surface area contributed by atoms with Crippen LogP contribution in [0.4, 0.5) is 0 Å². The Morgan fingerprint density at radius 1 is 1.20 bits per heavy atom. The first kappa shape index (κ1) is 11.5. The second-order valence-corrected chi connectivity index (χ2v) is 3.73. The fourth-order valence-corrected chi connectivity index (χ4v) is 1.39. The molecule has 0 aliphatic carbocycles. The van der Waals surface area contributed by atoms with Gasteiger partial charge in [-0.25, -0.2) is 4.79 Å². The fourth-order valence-electron chi connectivity index (χ4n) is 1.39. The van der Waals surface area contributed by atoms with E-state index < -0.39 is 11.6 Å². The molecule has 0 aromatic carbocycles. The molecule has 15 heavy (non-hydrogen) atoms. The van der Waals surface area contributed by atoms with Gasteiger partial charge in [0.1, 0.15) is 0 Å². The van der Waals surface area contributed by atoms with Crippen LogP contribution in [-0.4, -0.2) is 28.6 Å². The topological polar surface area (TPSA) is 95.5 Å². The van der Waals surface area contributed by atoms with Crippen molar-refractivity contribution in [3.8, 4) is 0 Å². The third kappa shape index (κ3) is 2.93. The first-order chi connectivity index (χ1) is 6.94. The maximum absolute atomic E-state index is 11.3. The summed E-state index contributed by atoms with van der Waals surface area (Å²) in [6, 6.07) is 0. The predicted octanol–water partition coefficient (Wildman–Crippen LogP) is -0.406. The third-order valence-electron chi connectivity index (χ3n) is 2.26. The molecular weight excluding hydrogens is 200 g/mol. The summed E-state index contributed by atoms with van der Waals surface area (Å²) in [7, 11) is 0. The van der Waals surface area contributed by atoms with Crippen molar-refractivity contribution in [2.45, 2.75) is 38.3 Å². The van der Waals surface area contributed by atoms with E-state index in [9.17, 15) is 14.4 Å². The minimum Gasteiger partial charge on any atom is -0.478 e. The zero-order chi connectivity index (χ0) is 11.5. The molecule has 1 fully saturated rings. The molecule has 0 bridgehead atoms. The van der Waals surface area contributed by atoms with Crippen molar-refractivity contribution in [2.75, 3.05) is 0 Å². The van der Waals surface area contributed by atoms with Crippen LogP contribution in [-0.2, 0) is 14.4 Å². The lowest BCUT2D eigenvalue weighted by Gasteiger charge is -2.26. The largest absolute Gasteiger partial charge is 0.478 e. The summed E-state index contributed by atoms with van der Waals surface area (Å²) in [5.41, 5.74) is -1.70. The Morgan fingerprint density at radius 3 is 1.93 bits per heavy atom. The van der Waals surface area contributed by atoms with Gasteiger partial charge in [-0.05, 0) is 19.8 Å². The SMILES string of the molecule is CC1(C(=O)O)NC(=O)CCCCC(=O)N1. The molecule has 1 heterocycles. The maximum Gasteiger partial charge on any atom is 0.350 e. The Bertz CT molecular complexity index is 280. The number of rotatable bonds is 1. The van der Waals surface area contributed by atoms with E-state index >= 15 is 0 Å². The van der Waals surface area contributed by atoms with Gasteiger partial charge in [0.25, 0.3) is 0 Å². The van der Waals surface area contributed by atoms with Gasteiger partial charge in [0.05, 0.1) is 0 Å². The molecule has 1 rings (SSSR count). The van der Waals surface area contributed by atoms with Gasteiger partial charge < -0.3 is 15.7 Å². The van der Waals surface area contributed by atoms with Crippen molar-refractivity contribution in [1.29, 1.82) is 0 Å². The van der Waals surface area contributed by atoms with E-state index in [-0.39, 0.29) is 24.7 Å². The Kier molecular flexibility index (Phi) is 3.28. The summed E-state index contributed by atoms with van der Waals surface area (Å²) in [5, 5.41) is 13.5. The van der Waals surface area contributed by atoms with Crippen molar-refractivity contribution in [3.63, 3.8) is 0 Å². The molecule has 1 aliphatic heterocycles. The molecule has 2 amide bonds. The van der Waals surface area contributed by atoms with Gasteiger partial charge in [-0.15, -0.1) is 0 Å². The molecule has 3 N–H and O–H groups in total. The van der Waals surface area contributed by atoms with Gasteiger partial charge >= 0.3 is 5.97 Å². The van der Waals surface area contributed by atoms with Gasteiger partial charge in [-0.3, -0.25) is 9.59 Å². The number of hydrogen-bond donors (Lipinski definition) is 3. The predicted molar refractivity (Wildman–Crippen MR) is 50.8 cm³/mol. The Balaban J connectivity index is 2.85. The van der Waals surface area contributed by atoms with Crippen LogP contribution in [0.2, 0.25) is 0 Å². The van der Waals surface area contributed by atoms with Crippen LogP contribution in [0.1, 0.15) is 32.6 Å². The van der Waals surface area contributed by atoms with E-state index in [1.165, 1.54) is 6.92 Å².